The van der Waals surface area contributed by atoms with Gasteiger partial charge in [-0.1, -0.05) is 29.8 Å². The molecule has 0 saturated heterocycles. The molecule has 0 aliphatic rings. The van der Waals surface area contributed by atoms with E-state index in [-0.39, 0.29) is 0 Å². The lowest BCUT2D eigenvalue weighted by atomic mass is 10.1. The predicted octanol–water partition coefficient (Wildman–Crippen LogP) is 4.51. The Bertz CT molecular complexity index is 1070. The van der Waals surface area contributed by atoms with E-state index in [9.17, 15) is 0 Å². The lowest BCUT2D eigenvalue weighted by molar-refractivity contribution is 0.414. The molecule has 0 saturated carbocycles. The zero-order chi connectivity index (χ0) is 18.1. The summed E-state index contributed by atoms with van der Waals surface area (Å²) < 4.78 is 7.13. The van der Waals surface area contributed by atoms with E-state index in [4.69, 9.17) is 16.3 Å². The molecule has 0 fully saturated rings. The van der Waals surface area contributed by atoms with Crippen LogP contribution in [0, 0.1) is 6.92 Å². The summed E-state index contributed by atoms with van der Waals surface area (Å²) in [5, 5.41) is 6.14. The molecule has 3 heterocycles. The summed E-state index contributed by atoms with van der Waals surface area (Å²) in [6.07, 6.45) is 1.81. The van der Waals surface area contributed by atoms with Crippen LogP contribution < -0.4 is 4.74 Å². The zero-order valence-electron chi connectivity index (χ0n) is 14.5. The van der Waals surface area contributed by atoms with Crippen molar-refractivity contribution in [2.75, 3.05) is 7.11 Å². The first-order valence-corrected chi connectivity index (χ1v) is 8.61. The summed E-state index contributed by atoms with van der Waals surface area (Å²) in [4.78, 5) is 8.99. The number of benzene rings is 1. The molecule has 0 aliphatic heterocycles. The van der Waals surface area contributed by atoms with E-state index in [0.717, 1.165) is 39.3 Å². The third-order valence-electron chi connectivity index (χ3n) is 4.27. The van der Waals surface area contributed by atoms with Crippen LogP contribution in [-0.4, -0.2) is 26.9 Å². The number of aryl methyl sites for hydroxylation is 1. The molecule has 0 spiro atoms. The van der Waals surface area contributed by atoms with E-state index in [0.29, 0.717) is 11.7 Å². The first-order valence-electron chi connectivity index (χ1n) is 8.23. The Hall–Kier alpha value is -2.92. The van der Waals surface area contributed by atoms with Crippen LogP contribution >= 0.6 is 11.6 Å². The quantitative estimate of drug-likeness (QED) is 0.500. The van der Waals surface area contributed by atoms with E-state index in [1.165, 1.54) is 0 Å². The van der Waals surface area contributed by atoms with Gasteiger partial charge in [0.1, 0.15) is 10.9 Å². The molecule has 0 radical (unpaired) electrons. The monoisotopic (exact) mass is 364 g/mol. The molecular weight excluding hydrogens is 348 g/mol. The SMILES string of the molecule is COc1ccc(Cn2nc(C)c3cc(-c4cccc(Cl)n4)cnc32)cc1. The minimum Gasteiger partial charge on any atom is -0.497 e. The molecule has 4 aromatic rings. The molecule has 6 heteroatoms. The van der Waals surface area contributed by atoms with Crippen molar-refractivity contribution in [1.82, 2.24) is 19.7 Å². The second-order valence-corrected chi connectivity index (χ2v) is 6.42. The van der Waals surface area contributed by atoms with Gasteiger partial charge in [0.25, 0.3) is 0 Å². The third-order valence-corrected chi connectivity index (χ3v) is 4.48. The summed E-state index contributed by atoms with van der Waals surface area (Å²) in [7, 11) is 1.66. The van der Waals surface area contributed by atoms with Crippen molar-refractivity contribution in [3.05, 3.63) is 71.1 Å². The molecule has 1 aromatic carbocycles. The number of methoxy groups -OCH3 is 1. The fraction of sp³-hybridized carbons (Fsp3) is 0.150. The van der Waals surface area contributed by atoms with Gasteiger partial charge in [0, 0.05) is 17.1 Å². The smallest absolute Gasteiger partial charge is 0.158 e. The van der Waals surface area contributed by atoms with Crippen molar-refractivity contribution in [3.63, 3.8) is 0 Å². The Morgan fingerprint density at radius 1 is 1.12 bits per heavy atom. The largest absolute Gasteiger partial charge is 0.497 e. The highest BCUT2D eigenvalue weighted by molar-refractivity contribution is 6.29. The number of nitrogens with zero attached hydrogens (tertiary/aromatic N) is 4. The van der Waals surface area contributed by atoms with Crippen LogP contribution in [0.15, 0.2) is 54.7 Å². The molecule has 3 aromatic heterocycles. The summed E-state index contributed by atoms with van der Waals surface area (Å²) in [6, 6.07) is 15.6. The Morgan fingerprint density at radius 3 is 2.65 bits per heavy atom. The van der Waals surface area contributed by atoms with Crippen LogP contribution in [0.25, 0.3) is 22.3 Å². The first kappa shape index (κ1) is 16.5. The molecular formula is C20H17ClN4O. The van der Waals surface area contributed by atoms with Gasteiger partial charge in [-0.15, -0.1) is 0 Å². The highest BCUT2D eigenvalue weighted by Gasteiger charge is 2.11. The summed E-state index contributed by atoms with van der Waals surface area (Å²) in [6.45, 7) is 2.64. The van der Waals surface area contributed by atoms with Gasteiger partial charge in [0.05, 0.1) is 25.0 Å². The van der Waals surface area contributed by atoms with Gasteiger partial charge < -0.3 is 4.74 Å². The first-order chi connectivity index (χ1) is 12.6. The van der Waals surface area contributed by atoms with E-state index in [2.05, 4.69) is 21.1 Å². The molecule has 4 rings (SSSR count). The van der Waals surface area contributed by atoms with Crippen LogP contribution in [0.5, 0.6) is 5.75 Å². The highest BCUT2D eigenvalue weighted by atomic mass is 35.5. The molecule has 130 valence electrons. The molecule has 26 heavy (non-hydrogen) atoms. The van der Waals surface area contributed by atoms with Crippen LogP contribution in [0.1, 0.15) is 11.3 Å². The fourth-order valence-corrected chi connectivity index (χ4v) is 3.10. The lowest BCUT2D eigenvalue weighted by Gasteiger charge is -2.06. The maximum Gasteiger partial charge on any atom is 0.158 e. The zero-order valence-corrected chi connectivity index (χ0v) is 15.2. The number of aromatic nitrogens is 4. The van der Waals surface area contributed by atoms with Crippen molar-refractivity contribution in [1.29, 1.82) is 0 Å². The Labute approximate surface area is 156 Å². The number of hydrogen-bond donors (Lipinski definition) is 0. The Morgan fingerprint density at radius 2 is 1.92 bits per heavy atom. The average molecular weight is 365 g/mol. The maximum absolute atomic E-state index is 6.00. The molecule has 0 unspecified atom stereocenters. The van der Waals surface area contributed by atoms with Crippen molar-refractivity contribution in [2.24, 2.45) is 0 Å². The van der Waals surface area contributed by atoms with Crippen molar-refractivity contribution in [2.45, 2.75) is 13.5 Å². The predicted molar refractivity (Wildman–Crippen MR) is 103 cm³/mol. The van der Waals surface area contributed by atoms with Crippen LogP contribution in [-0.2, 0) is 6.54 Å². The van der Waals surface area contributed by atoms with Gasteiger partial charge in [-0.25, -0.2) is 14.6 Å². The molecule has 5 nitrogen and oxygen atoms in total. The normalized spacial score (nSPS) is 11.0. The standard InChI is InChI=1S/C20H17ClN4O/c1-13-17-10-15(18-4-3-5-19(21)23-18)11-22-20(17)25(24-13)12-14-6-8-16(26-2)9-7-14/h3-11H,12H2,1-2H3. The topological polar surface area (TPSA) is 52.8 Å². The van der Waals surface area contributed by atoms with Gasteiger partial charge in [-0.2, -0.15) is 5.10 Å². The van der Waals surface area contributed by atoms with E-state index in [1.807, 2.05) is 54.2 Å². The summed E-state index contributed by atoms with van der Waals surface area (Å²) >= 11 is 6.00. The van der Waals surface area contributed by atoms with Crippen molar-refractivity contribution < 1.29 is 4.74 Å². The van der Waals surface area contributed by atoms with Crippen molar-refractivity contribution >= 4 is 22.6 Å². The fourth-order valence-electron chi connectivity index (χ4n) is 2.94. The van der Waals surface area contributed by atoms with Crippen LogP contribution in [0.4, 0.5) is 0 Å². The molecule has 0 amide bonds. The van der Waals surface area contributed by atoms with Crippen LogP contribution in [0.3, 0.4) is 0 Å². The minimum absolute atomic E-state index is 0.467. The van der Waals surface area contributed by atoms with Gasteiger partial charge in [0.15, 0.2) is 5.65 Å². The second kappa shape index (κ2) is 6.77. The number of rotatable bonds is 4. The molecule has 0 aliphatic carbocycles. The molecule has 0 N–H and O–H groups in total. The van der Waals surface area contributed by atoms with Gasteiger partial charge >= 0.3 is 0 Å². The minimum atomic E-state index is 0.467. The van der Waals surface area contributed by atoms with Gasteiger partial charge in [-0.3, -0.25) is 0 Å². The average Bonchev–Trinajstić information content (AvgIpc) is 2.97. The lowest BCUT2D eigenvalue weighted by Crippen LogP contribution is -2.03. The van der Waals surface area contributed by atoms with Crippen LogP contribution in [0.2, 0.25) is 5.15 Å². The number of pyridine rings is 2. The van der Waals surface area contributed by atoms with Gasteiger partial charge in [-0.05, 0) is 42.8 Å². The number of ether oxygens (including phenoxy) is 1. The number of hydrogen-bond acceptors (Lipinski definition) is 4. The van der Waals surface area contributed by atoms with Crippen molar-refractivity contribution in [3.8, 4) is 17.0 Å². The maximum atomic E-state index is 6.00. The van der Waals surface area contributed by atoms with Gasteiger partial charge in [0.2, 0.25) is 0 Å². The third kappa shape index (κ3) is 3.13. The summed E-state index contributed by atoms with van der Waals surface area (Å²) in [5.74, 6) is 0.840. The molecule has 0 bridgehead atoms. The second-order valence-electron chi connectivity index (χ2n) is 6.03. The summed E-state index contributed by atoms with van der Waals surface area (Å²) in [5.41, 5.74) is 4.65. The molecule has 0 atom stereocenters. The van der Waals surface area contributed by atoms with E-state index in [1.54, 1.807) is 13.2 Å². The van der Waals surface area contributed by atoms with E-state index >= 15 is 0 Å². The Kier molecular flexibility index (Phi) is 4.31. The van der Waals surface area contributed by atoms with E-state index < -0.39 is 0 Å². The number of fused-ring (bicyclic) bond motifs is 1. The Balaban J connectivity index is 1.71. The number of halogens is 1. The highest BCUT2D eigenvalue weighted by Crippen LogP contribution is 2.25.